The second kappa shape index (κ2) is 9.11. The Kier molecular flexibility index (Phi) is 6.57. The average molecular weight is 383 g/mol. The molecule has 150 valence electrons. The molecule has 3 rings (SSSR count). The molecule has 5 heteroatoms. The van der Waals surface area contributed by atoms with E-state index < -0.39 is 0 Å². The van der Waals surface area contributed by atoms with E-state index in [9.17, 15) is 4.79 Å². The van der Waals surface area contributed by atoms with Crippen molar-refractivity contribution >= 4 is 5.91 Å². The summed E-state index contributed by atoms with van der Waals surface area (Å²) in [5, 5.41) is 3.15. The van der Waals surface area contributed by atoms with Crippen LogP contribution in [0, 0.1) is 6.92 Å². The van der Waals surface area contributed by atoms with Crippen molar-refractivity contribution in [2.24, 2.45) is 0 Å². The molecular formula is C23H30N2O3. The minimum atomic E-state index is -0.00900. The standard InChI is InChI=1S/C23H30N2O3/c1-16-8-5-6-9-19(16)17(2)24-23(26)15-25-13-7-10-21(25)20-12-11-18(27-3)14-22(20)28-4/h5-6,8-9,11-12,14,17,21H,7,10,13,15H2,1-4H3,(H,24,26)/t17-,21+/m1/s1. The fraction of sp³-hybridized carbons (Fsp3) is 0.435. The summed E-state index contributed by atoms with van der Waals surface area (Å²) in [7, 11) is 3.32. The molecule has 0 aliphatic carbocycles. The molecule has 0 radical (unpaired) electrons. The third-order valence-electron chi connectivity index (χ3n) is 5.54. The predicted molar refractivity (Wildman–Crippen MR) is 111 cm³/mol. The summed E-state index contributed by atoms with van der Waals surface area (Å²) in [6.07, 6.45) is 2.09. The van der Waals surface area contributed by atoms with Crippen LogP contribution in [-0.2, 0) is 4.79 Å². The number of ether oxygens (including phenoxy) is 2. The average Bonchev–Trinajstić information content (AvgIpc) is 3.15. The first-order valence-electron chi connectivity index (χ1n) is 9.84. The monoisotopic (exact) mass is 382 g/mol. The summed E-state index contributed by atoms with van der Waals surface area (Å²) >= 11 is 0. The number of methoxy groups -OCH3 is 2. The zero-order valence-electron chi connectivity index (χ0n) is 17.2. The van der Waals surface area contributed by atoms with Gasteiger partial charge in [-0.05, 0) is 50.4 Å². The van der Waals surface area contributed by atoms with Crippen molar-refractivity contribution < 1.29 is 14.3 Å². The maximum absolute atomic E-state index is 12.7. The Morgan fingerprint density at radius 2 is 2.00 bits per heavy atom. The minimum Gasteiger partial charge on any atom is -0.497 e. The van der Waals surface area contributed by atoms with Crippen LogP contribution in [0.2, 0.25) is 0 Å². The van der Waals surface area contributed by atoms with Crippen molar-refractivity contribution in [1.82, 2.24) is 10.2 Å². The summed E-state index contributed by atoms with van der Waals surface area (Å²) in [4.78, 5) is 15.0. The van der Waals surface area contributed by atoms with Crippen LogP contribution in [0.4, 0.5) is 0 Å². The molecule has 1 amide bonds. The Labute approximate surface area is 167 Å². The van der Waals surface area contributed by atoms with Gasteiger partial charge in [0.05, 0.1) is 26.8 Å². The molecule has 0 saturated carbocycles. The van der Waals surface area contributed by atoms with Crippen LogP contribution in [-0.4, -0.2) is 38.1 Å². The smallest absolute Gasteiger partial charge is 0.234 e. The van der Waals surface area contributed by atoms with Crippen molar-refractivity contribution in [3.8, 4) is 11.5 Å². The Morgan fingerprint density at radius 3 is 2.71 bits per heavy atom. The van der Waals surface area contributed by atoms with Gasteiger partial charge in [-0.1, -0.05) is 30.3 Å². The molecule has 1 aliphatic heterocycles. The van der Waals surface area contributed by atoms with Crippen LogP contribution >= 0.6 is 0 Å². The van der Waals surface area contributed by atoms with Gasteiger partial charge in [-0.3, -0.25) is 9.69 Å². The van der Waals surface area contributed by atoms with Crippen molar-refractivity contribution in [3.05, 3.63) is 59.2 Å². The van der Waals surface area contributed by atoms with Gasteiger partial charge in [0.2, 0.25) is 5.91 Å². The number of hydrogen-bond donors (Lipinski definition) is 1. The van der Waals surface area contributed by atoms with Gasteiger partial charge in [-0.25, -0.2) is 0 Å². The largest absolute Gasteiger partial charge is 0.497 e. The van der Waals surface area contributed by atoms with E-state index in [-0.39, 0.29) is 18.0 Å². The predicted octanol–water partition coefficient (Wildman–Crippen LogP) is 4.03. The van der Waals surface area contributed by atoms with E-state index in [1.54, 1.807) is 14.2 Å². The summed E-state index contributed by atoms with van der Waals surface area (Å²) in [6, 6.07) is 14.3. The van der Waals surface area contributed by atoms with E-state index in [4.69, 9.17) is 9.47 Å². The SMILES string of the molecule is COc1ccc([C@@H]2CCCN2CC(=O)N[C@H](C)c2ccccc2C)c(OC)c1. The fourth-order valence-corrected chi connectivity index (χ4v) is 4.08. The lowest BCUT2D eigenvalue weighted by Gasteiger charge is -2.26. The highest BCUT2D eigenvalue weighted by molar-refractivity contribution is 5.78. The van der Waals surface area contributed by atoms with Gasteiger partial charge in [0, 0.05) is 17.7 Å². The number of rotatable bonds is 7. The van der Waals surface area contributed by atoms with E-state index in [1.807, 2.05) is 31.2 Å². The van der Waals surface area contributed by atoms with Gasteiger partial charge < -0.3 is 14.8 Å². The maximum atomic E-state index is 12.7. The lowest BCUT2D eigenvalue weighted by molar-refractivity contribution is -0.123. The van der Waals surface area contributed by atoms with Crippen LogP contribution in [0.25, 0.3) is 0 Å². The first kappa shape index (κ1) is 20.2. The van der Waals surface area contributed by atoms with Crippen molar-refractivity contribution in [1.29, 1.82) is 0 Å². The number of benzene rings is 2. The Hall–Kier alpha value is -2.53. The number of carbonyl (C=O) groups excluding carboxylic acids is 1. The van der Waals surface area contributed by atoms with E-state index in [2.05, 4.69) is 35.3 Å². The van der Waals surface area contributed by atoms with Gasteiger partial charge in [-0.2, -0.15) is 0 Å². The molecule has 2 atom stereocenters. The molecule has 2 aromatic rings. The summed E-state index contributed by atoms with van der Waals surface area (Å²) in [5.74, 6) is 1.63. The molecule has 1 N–H and O–H groups in total. The number of nitrogens with one attached hydrogen (secondary N) is 1. The molecule has 1 saturated heterocycles. The third kappa shape index (κ3) is 4.47. The maximum Gasteiger partial charge on any atom is 0.234 e. The number of amides is 1. The topological polar surface area (TPSA) is 50.8 Å². The number of nitrogens with zero attached hydrogens (tertiary/aromatic N) is 1. The third-order valence-corrected chi connectivity index (χ3v) is 5.54. The van der Waals surface area contributed by atoms with Crippen LogP contribution in [0.5, 0.6) is 11.5 Å². The second-order valence-electron chi connectivity index (χ2n) is 7.38. The van der Waals surface area contributed by atoms with Crippen LogP contribution in [0.3, 0.4) is 0 Å². The first-order valence-corrected chi connectivity index (χ1v) is 9.84. The number of aryl methyl sites for hydroxylation is 1. The van der Waals surface area contributed by atoms with Gasteiger partial charge in [0.15, 0.2) is 0 Å². The van der Waals surface area contributed by atoms with Crippen molar-refractivity contribution in [2.45, 2.75) is 38.8 Å². The zero-order chi connectivity index (χ0) is 20.1. The van der Waals surface area contributed by atoms with Gasteiger partial charge >= 0.3 is 0 Å². The van der Waals surface area contributed by atoms with Crippen molar-refractivity contribution in [2.75, 3.05) is 27.3 Å². The second-order valence-corrected chi connectivity index (χ2v) is 7.38. The van der Waals surface area contributed by atoms with Crippen LogP contribution < -0.4 is 14.8 Å². The molecular weight excluding hydrogens is 352 g/mol. The van der Waals surface area contributed by atoms with Gasteiger partial charge in [0.25, 0.3) is 0 Å². The van der Waals surface area contributed by atoms with Crippen molar-refractivity contribution in [3.63, 3.8) is 0 Å². The Balaban J connectivity index is 1.68. The molecule has 1 fully saturated rings. The lowest BCUT2D eigenvalue weighted by Crippen LogP contribution is -2.38. The normalized spacial score (nSPS) is 17.9. The number of carbonyl (C=O) groups is 1. The van der Waals surface area contributed by atoms with E-state index in [0.717, 1.165) is 42.0 Å². The summed E-state index contributed by atoms with van der Waals surface area (Å²) in [6.45, 7) is 5.40. The van der Waals surface area contributed by atoms with Crippen LogP contribution in [0.1, 0.15) is 48.5 Å². The molecule has 0 bridgehead atoms. The molecule has 5 nitrogen and oxygen atoms in total. The van der Waals surface area contributed by atoms with E-state index in [0.29, 0.717) is 6.54 Å². The molecule has 1 heterocycles. The molecule has 0 unspecified atom stereocenters. The van der Waals surface area contributed by atoms with Gasteiger partial charge in [0.1, 0.15) is 11.5 Å². The first-order chi connectivity index (χ1) is 13.5. The summed E-state index contributed by atoms with van der Waals surface area (Å²) < 4.78 is 10.9. The Bertz CT molecular complexity index is 821. The molecule has 28 heavy (non-hydrogen) atoms. The lowest BCUT2D eigenvalue weighted by atomic mass is 10.0. The van der Waals surface area contributed by atoms with Crippen LogP contribution in [0.15, 0.2) is 42.5 Å². The quantitative estimate of drug-likeness (QED) is 0.786. The zero-order valence-corrected chi connectivity index (χ0v) is 17.2. The number of likely N-dealkylation sites (tertiary alicyclic amines) is 1. The highest BCUT2D eigenvalue weighted by Crippen LogP contribution is 2.38. The highest BCUT2D eigenvalue weighted by atomic mass is 16.5. The molecule has 2 aromatic carbocycles. The minimum absolute atomic E-state index is 0.00900. The fourth-order valence-electron chi connectivity index (χ4n) is 4.08. The van der Waals surface area contributed by atoms with Gasteiger partial charge in [-0.15, -0.1) is 0 Å². The molecule has 1 aliphatic rings. The summed E-state index contributed by atoms with van der Waals surface area (Å²) in [5.41, 5.74) is 3.46. The highest BCUT2D eigenvalue weighted by Gasteiger charge is 2.30. The van der Waals surface area contributed by atoms with E-state index in [1.165, 1.54) is 5.56 Å². The molecule has 0 spiro atoms. The molecule has 0 aromatic heterocycles. The number of hydrogen-bond acceptors (Lipinski definition) is 4. The van der Waals surface area contributed by atoms with E-state index >= 15 is 0 Å². The Morgan fingerprint density at radius 1 is 1.21 bits per heavy atom.